The number of alkyl halides is 1. The molecular weight excluding hydrogens is 228 g/mol. The fourth-order valence-electron chi connectivity index (χ4n) is 1.20. The second kappa shape index (κ2) is 4.81. The van der Waals surface area contributed by atoms with Crippen molar-refractivity contribution in [3.8, 4) is 0 Å². The predicted molar refractivity (Wildman–Crippen MR) is 60.5 cm³/mol. The molecule has 2 aromatic rings. The van der Waals surface area contributed by atoms with Gasteiger partial charge < -0.3 is 9.84 Å². The summed E-state index contributed by atoms with van der Waals surface area (Å²) >= 11 is 5.66. The van der Waals surface area contributed by atoms with E-state index in [1.54, 1.807) is 12.1 Å². The highest BCUT2D eigenvalue weighted by molar-refractivity contribution is 6.17. The normalized spacial score (nSPS) is 10.1. The van der Waals surface area contributed by atoms with Crippen LogP contribution in [0.1, 0.15) is 16.1 Å². The van der Waals surface area contributed by atoms with Crippen LogP contribution in [-0.2, 0) is 5.88 Å². The lowest BCUT2D eigenvalue weighted by atomic mass is 10.2. The van der Waals surface area contributed by atoms with Gasteiger partial charge in [0.1, 0.15) is 6.26 Å². The third kappa shape index (κ3) is 2.41. The molecule has 82 valence electrons. The first-order valence-electron chi connectivity index (χ1n) is 4.66. The Morgan fingerprint density at radius 3 is 2.62 bits per heavy atom. The van der Waals surface area contributed by atoms with Crippen LogP contribution in [0.3, 0.4) is 0 Å². The van der Waals surface area contributed by atoms with Gasteiger partial charge in [-0.15, -0.1) is 11.6 Å². The quantitative estimate of drug-likeness (QED) is 0.834. The lowest BCUT2D eigenvalue weighted by Gasteiger charge is -2.03. The number of nitrogens with one attached hydrogen (secondary N) is 1. The first kappa shape index (κ1) is 10.7. The third-order valence-corrected chi connectivity index (χ3v) is 2.35. The zero-order valence-electron chi connectivity index (χ0n) is 8.31. The highest BCUT2D eigenvalue weighted by Crippen LogP contribution is 2.12. The van der Waals surface area contributed by atoms with E-state index < -0.39 is 0 Å². The van der Waals surface area contributed by atoms with Crippen molar-refractivity contribution >= 4 is 23.2 Å². The van der Waals surface area contributed by atoms with Crippen LogP contribution in [0.2, 0.25) is 0 Å². The van der Waals surface area contributed by atoms with E-state index in [2.05, 4.69) is 15.0 Å². The molecule has 4 nitrogen and oxygen atoms in total. The first-order chi connectivity index (χ1) is 7.79. The van der Waals surface area contributed by atoms with Gasteiger partial charge >= 0.3 is 0 Å². The van der Waals surface area contributed by atoms with E-state index in [-0.39, 0.29) is 11.6 Å². The van der Waals surface area contributed by atoms with E-state index in [1.807, 2.05) is 12.1 Å². The smallest absolute Gasteiger partial charge is 0.277 e. The number of aromatic nitrogens is 1. The summed E-state index contributed by atoms with van der Waals surface area (Å²) in [6.45, 7) is 0. The molecule has 0 aliphatic heterocycles. The highest BCUT2D eigenvalue weighted by Gasteiger charge is 2.08. The van der Waals surface area contributed by atoms with E-state index in [0.29, 0.717) is 11.6 Å². The summed E-state index contributed by atoms with van der Waals surface area (Å²) in [5, 5.41) is 6.23. The second-order valence-corrected chi connectivity index (χ2v) is 3.44. The van der Waals surface area contributed by atoms with Crippen LogP contribution < -0.4 is 5.32 Å². The number of amides is 1. The standard InChI is InChI=1S/C11H9ClN2O2/c12-7-8-1-3-9(4-2-8)13-11(15)10-5-6-16-14-10/h1-6H,7H2,(H,13,15). The van der Waals surface area contributed by atoms with Crippen molar-refractivity contribution in [2.45, 2.75) is 5.88 Å². The van der Waals surface area contributed by atoms with E-state index in [4.69, 9.17) is 11.6 Å². The van der Waals surface area contributed by atoms with Gasteiger partial charge in [0, 0.05) is 17.6 Å². The molecule has 1 N–H and O–H groups in total. The summed E-state index contributed by atoms with van der Waals surface area (Å²) in [7, 11) is 0. The zero-order valence-corrected chi connectivity index (χ0v) is 9.07. The number of benzene rings is 1. The van der Waals surface area contributed by atoms with Gasteiger partial charge in [0.15, 0.2) is 5.69 Å². The number of nitrogens with zero attached hydrogens (tertiary/aromatic N) is 1. The molecule has 1 aromatic carbocycles. The molecule has 0 aliphatic rings. The molecule has 1 heterocycles. The molecule has 0 saturated heterocycles. The van der Waals surface area contributed by atoms with E-state index in [9.17, 15) is 4.79 Å². The van der Waals surface area contributed by atoms with Crippen LogP contribution in [0.4, 0.5) is 5.69 Å². The van der Waals surface area contributed by atoms with Crippen LogP contribution in [0.5, 0.6) is 0 Å². The van der Waals surface area contributed by atoms with Gasteiger partial charge in [-0.2, -0.15) is 0 Å². The summed E-state index contributed by atoms with van der Waals surface area (Å²) in [6.07, 6.45) is 1.35. The minimum absolute atomic E-state index is 0.251. The maximum Gasteiger partial charge on any atom is 0.277 e. The number of anilines is 1. The lowest BCUT2D eigenvalue weighted by molar-refractivity contribution is 0.101. The van der Waals surface area contributed by atoms with Crippen molar-refractivity contribution in [2.75, 3.05) is 5.32 Å². The SMILES string of the molecule is O=C(Nc1ccc(CCl)cc1)c1ccon1. The maximum absolute atomic E-state index is 11.6. The third-order valence-electron chi connectivity index (χ3n) is 2.04. The van der Waals surface area contributed by atoms with Crippen LogP contribution in [0.25, 0.3) is 0 Å². The van der Waals surface area contributed by atoms with Gasteiger partial charge in [0.25, 0.3) is 5.91 Å². The molecule has 0 saturated carbocycles. The van der Waals surface area contributed by atoms with Crippen molar-refractivity contribution in [3.05, 3.63) is 47.9 Å². The molecule has 0 bridgehead atoms. The largest absolute Gasteiger partial charge is 0.364 e. The number of carbonyl (C=O) groups is 1. The van der Waals surface area contributed by atoms with Crippen molar-refractivity contribution in [3.63, 3.8) is 0 Å². The minimum atomic E-state index is -0.299. The fraction of sp³-hybridized carbons (Fsp3) is 0.0909. The molecule has 0 spiro atoms. The number of carbonyl (C=O) groups excluding carboxylic acids is 1. The van der Waals surface area contributed by atoms with Crippen LogP contribution >= 0.6 is 11.6 Å². The Hall–Kier alpha value is -1.81. The maximum atomic E-state index is 11.6. The van der Waals surface area contributed by atoms with Gasteiger partial charge in [-0.25, -0.2) is 0 Å². The van der Waals surface area contributed by atoms with Crippen LogP contribution in [-0.4, -0.2) is 11.1 Å². The summed E-state index contributed by atoms with van der Waals surface area (Å²) in [5.41, 5.74) is 1.95. The van der Waals surface area contributed by atoms with Gasteiger partial charge in [0.05, 0.1) is 0 Å². The molecule has 0 fully saturated rings. The Morgan fingerprint density at radius 2 is 2.06 bits per heavy atom. The Bertz CT molecular complexity index is 465. The Morgan fingerprint density at radius 1 is 1.31 bits per heavy atom. The van der Waals surface area contributed by atoms with Crippen molar-refractivity contribution in [1.82, 2.24) is 5.16 Å². The molecule has 5 heteroatoms. The predicted octanol–water partition coefficient (Wildman–Crippen LogP) is 2.67. The first-order valence-corrected chi connectivity index (χ1v) is 5.19. The van der Waals surface area contributed by atoms with Gasteiger partial charge in [-0.05, 0) is 17.7 Å². The summed E-state index contributed by atoms with van der Waals surface area (Å²) in [6, 6.07) is 8.78. The molecule has 0 aliphatic carbocycles. The van der Waals surface area contributed by atoms with Gasteiger partial charge in [0.2, 0.25) is 0 Å². The molecule has 1 aromatic heterocycles. The van der Waals surface area contributed by atoms with Crippen molar-refractivity contribution in [1.29, 1.82) is 0 Å². The average molecular weight is 237 g/mol. The molecule has 0 radical (unpaired) electrons. The van der Waals surface area contributed by atoms with Crippen molar-refractivity contribution in [2.24, 2.45) is 0 Å². The average Bonchev–Trinajstić information content (AvgIpc) is 2.83. The van der Waals surface area contributed by atoms with E-state index >= 15 is 0 Å². The van der Waals surface area contributed by atoms with Crippen LogP contribution in [0, 0.1) is 0 Å². The molecule has 0 unspecified atom stereocenters. The molecule has 2 rings (SSSR count). The lowest BCUT2D eigenvalue weighted by Crippen LogP contribution is -2.11. The number of rotatable bonds is 3. The molecule has 16 heavy (non-hydrogen) atoms. The van der Waals surface area contributed by atoms with E-state index in [1.165, 1.54) is 12.3 Å². The number of halogens is 1. The Kier molecular flexibility index (Phi) is 3.22. The summed E-state index contributed by atoms with van der Waals surface area (Å²) in [4.78, 5) is 11.6. The second-order valence-electron chi connectivity index (χ2n) is 3.17. The van der Waals surface area contributed by atoms with Gasteiger partial charge in [-0.3, -0.25) is 4.79 Å². The monoisotopic (exact) mass is 236 g/mol. The topological polar surface area (TPSA) is 55.1 Å². The number of hydrogen-bond acceptors (Lipinski definition) is 3. The van der Waals surface area contributed by atoms with Crippen molar-refractivity contribution < 1.29 is 9.32 Å². The molecular formula is C11H9ClN2O2. The zero-order chi connectivity index (χ0) is 11.4. The number of hydrogen-bond donors (Lipinski definition) is 1. The fourth-order valence-corrected chi connectivity index (χ4v) is 1.38. The minimum Gasteiger partial charge on any atom is -0.364 e. The Balaban J connectivity index is 2.06. The van der Waals surface area contributed by atoms with E-state index in [0.717, 1.165) is 5.56 Å². The van der Waals surface area contributed by atoms with Gasteiger partial charge in [-0.1, -0.05) is 17.3 Å². The highest BCUT2D eigenvalue weighted by atomic mass is 35.5. The Labute approximate surface area is 97.2 Å². The summed E-state index contributed by atoms with van der Waals surface area (Å²) in [5.74, 6) is 0.157. The summed E-state index contributed by atoms with van der Waals surface area (Å²) < 4.78 is 4.58. The molecule has 1 amide bonds. The molecule has 0 atom stereocenters. The van der Waals surface area contributed by atoms with Crippen LogP contribution in [0.15, 0.2) is 41.1 Å².